The van der Waals surface area contributed by atoms with Gasteiger partial charge in [-0.25, -0.2) is 0 Å². The highest BCUT2D eigenvalue weighted by Gasteiger charge is 2.15. The fraction of sp³-hybridized carbons (Fsp3) is 0.438. The highest BCUT2D eigenvalue weighted by atomic mass is 16.2. The van der Waals surface area contributed by atoms with Crippen LogP contribution in [-0.2, 0) is 11.2 Å². The lowest BCUT2D eigenvalue weighted by Crippen LogP contribution is -2.43. The summed E-state index contributed by atoms with van der Waals surface area (Å²) in [6.07, 6.45) is 2.72. The van der Waals surface area contributed by atoms with Gasteiger partial charge in [0.15, 0.2) is 0 Å². The van der Waals surface area contributed by atoms with E-state index in [1.165, 1.54) is 11.1 Å². The van der Waals surface area contributed by atoms with E-state index in [4.69, 9.17) is 0 Å². The van der Waals surface area contributed by atoms with E-state index in [0.29, 0.717) is 6.54 Å². The molecule has 0 bridgehead atoms. The zero-order valence-corrected chi connectivity index (χ0v) is 12.1. The van der Waals surface area contributed by atoms with Gasteiger partial charge < -0.3 is 5.32 Å². The second-order valence-electron chi connectivity index (χ2n) is 4.74. The number of rotatable bonds is 7. The van der Waals surface area contributed by atoms with Gasteiger partial charge in [0.2, 0.25) is 5.91 Å². The van der Waals surface area contributed by atoms with E-state index in [9.17, 15) is 4.79 Å². The maximum Gasteiger partial charge on any atom is 0.237 e. The third kappa shape index (κ3) is 4.87. The number of hydrogen-bond donors (Lipinski definition) is 2. The molecule has 0 saturated heterocycles. The van der Waals surface area contributed by atoms with Crippen LogP contribution in [0, 0.1) is 0 Å². The molecule has 0 fully saturated rings. The monoisotopic (exact) mass is 260 g/mol. The standard InChI is InChI=1S/C16H24N2O/c1-5-11-17-16(19)13(4)18-12(3)15-9-7-14(6-2)8-10-15/h5,7-10,12-13,18H,1,6,11H2,2-4H3,(H,17,19). The number of carbonyl (C=O) groups is 1. The topological polar surface area (TPSA) is 41.1 Å². The van der Waals surface area contributed by atoms with Crippen molar-refractivity contribution in [2.75, 3.05) is 6.54 Å². The Morgan fingerprint density at radius 2 is 1.95 bits per heavy atom. The van der Waals surface area contributed by atoms with E-state index in [1.807, 2.05) is 6.92 Å². The Morgan fingerprint density at radius 1 is 1.32 bits per heavy atom. The fourth-order valence-electron chi connectivity index (χ4n) is 1.91. The normalized spacial score (nSPS) is 13.6. The first kappa shape index (κ1) is 15.4. The van der Waals surface area contributed by atoms with E-state index < -0.39 is 0 Å². The predicted molar refractivity (Wildman–Crippen MR) is 80.0 cm³/mol. The van der Waals surface area contributed by atoms with E-state index in [2.05, 4.69) is 55.3 Å². The molecule has 0 radical (unpaired) electrons. The van der Waals surface area contributed by atoms with Gasteiger partial charge in [0, 0.05) is 12.6 Å². The number of hydrogen-bond acceptors (Lipinski definition) is 2. The first-order valence-corrected chi connectivity index (χ1v) is 6.82. The average Bonchev–Trinajstić information content (AvgIpc) is 2.44. The summed E-state index contributed by atoms with van der Waals surface area (Å²) in [5.74, 6) is -0.00284. The molecule has 0 aliphatic carbocycles. The summed E-state index contributed by atoms with van der Waals surface area (Å²) < 4.78 is 0. The first-order chi connectivity index (χ1) is 9.08. The molecular formula is C16H24N2O. The maximum atomic E-state index is 11.7. The maximum absolute atomic E-state index is 11.7. The van der Waals surface area contributed by atoms with Crippen molar-refractivity contribution in [2.45, 2.75) is 39.3 Å². The number of aryl methyl sites for hydroxylation is 1. The summed E-state index contributed by atoms with van der Waals surface area (Å²) in [6, 6.07) is 8.43. The van der Waals surface area contributed by atoms with Crippen molar-refractivity contribution in [1.82, 2.24) is 10.6 Å². The molecule has 0 spiro atoms. The van der Waals surface area contributed by atoms with Crippen LogP contribution in [0.25, 0.3) is 0 Å². The molecule has 2 atom stereocenters. The Morgan fingerprint density at radius 3 is 2.47 bits per heavy atom. The minimum Gasteiger partial charge on any atom is -0.351 e. The molecule has 1 rings (SSSR count). The second-order valence-corrected chi connectivity index (χ2v) is 4.74. The lowest BCUT2D eigenvalue weighted by Gasteiger charge is -2.20. The van der Waals surface area contributed by atoms with Gasteiger partial charge in [-0.15, -0.1) is 6.58 Å². The summed E-state index contributed by atoms with van der Waals surface area (Å²) in [5, 5.41) is 6.08. The largest absolute Gasteiger partial charge is 0.351 e. The van der Waals surface area contributed by atoms with Gasteiger partial charge in [-0.2, -0.15) is 0 Å². The van der Waals surface area contributed by atoms with Gasteiger partial charge in [0.1, 0.15) is 0 Å². The van der Waals surface area contributed by atoms with E-state index in [-0.39, 0.29) is 18.0 Å². The van der Waals surface area contributed by atoms with Crippen LogP contribution in [0.5, 0.6) is 0 Å². The molecule has 0 aromatic heterocycles. The minimum absolute atomic E-state index is 0.00284. The molecule has 0 aliphatic rings. The predicted octanol–water partition coefficient (Wildman–Crippen LogP) is 2.59. The van der Waals surface area contributed by atoms with Crippen molar-refractivity contribution in [3.05, 3.63) is 48.0 Å². The smallest absolute Gasteiger partial charge is 0.237 e. The molecule has 2 unspecified atom stereocenters. The molecule has 1 aromatic carbocycles. The second kappa shape index (κ2) is 7.74. The molecule has 2 N–H and O–H groups in total. The summed E-state index contributed by atoms with van der Waals surface area (Å²) in [4.78, 5) is 11.7. The highest BCUT2D eigenvalue weighted by Crippen LogP contribution is 2.14. The third-order valence-corrected chi connectivity index (χ3v) is 3.20. The molecule has 0 heterocycles. The van der Waals surface area contributed by atoms with Crippen molar-refractivity contribution in [3.8, 4) is 0 Å². The lowest BCUT2D eigenvalue weighted by molar-refractivity contribution is -0.122. The van der Waals surface area contributed by atoms with Crippen LogP contribution < -0.4 is 10.6 Å². The van der Waals surface area contributed by atoms with Gasteiger partial charge in [-0.05, 0) is 31.4 Å². The van der Waals surface area contributed by atoms with Crippen LogP contribution in [0.2, 0.25) is 0 Å². The average molecular weight is 260 g/mol. The number of amides is 1. The molecular weight excluding hydrogens is 236 g/mol. The molecule has 104 valence electrons. The third-order valence-electron chi connectivity index (χ3n) is 3.20. The summed E-state index contributed by atoms with van der Waals surface area (Å²) >= 11 is 0. The van der Waals surface area contributed by atoms with Crippen LogP contribution >= 0.6 is 0 Å². The number of nitrogens with one attached hydrogen (secondary N) is 2. The summed E-state index contributed by atoms with van der Waals surface area (Å²) in [6.45, 7) is 10.2. The Hall–Kier alpha value is -1.61. The number of carbonyl (C=O) groups excluding carboxylic acids is 1. The zero-order chi connectivity index (χ0) is 14.3. The Balaban J connectivity index is 2.55. The van der Waals surface area contributed by atoms with Crippen molar-refractivity contribution in [2.24, 2.45) is 0 Å². The molecule has 1 aromatic rings. The summed E-state index contributed by atoms with van der Waals surface area (Å²) in [5.41, 5.74) is 2.52. The number of benzene rings is 1. The lowest BCUT2D eigenvalue weighted by atomic mass is 10.0. The molecule has 3 heteroatoms. The van der Waals surface area contributed by atoms with Crippen LogP contribution in [-0.4, -0.2) is 18.5 Å². The summed E-state index contributed by atoms with van der Waals surface area (Å²) in [7, 11) is 0. The molecule has 3 nitrogen and oxygen atoms in total. The Kier molecular flexibility index (Phi) is 6.30. The molecule has 1 amide bonds. The van der Waals surface area contributed by atoms with E-state index >= 15 is 0 Å². The Bertz CT molecular complexity index is 411. The van der Waals surface area contributed by atoms with Crippen molar-refractivity contribution >= 4 is 5.91 Å². The molecule has 0 saturated carbocycles. The van der Waals surface area contributed by atoms with Crippen LogP contribution in [0.1, 0.15) is 37.9 Å². The first-order valence-electron chi connectivity index (χ1n) is 6.82. The van der Waals surface area contributed by atoms with E-state index in [1.54, 1.807) is 6.08 Å². The molecule has 0 aliphatic heterocycles. The van der Waals surface area contributed by atoms with Gasteiger partial charge >= 0.3 is 0 Å². The fourth-order valence-corrected chi connectivity index (χ4v) is 1.91. The quantitative estimate of drug-likeness (QED) is 0.740. The van der Waals surface area contributed by atoms with Crippen molar-refractivity contribution in [1.29, 1.82) is 0 Å². The van der Waals surface area contributed by atoms with Crippen LogP contribution in [0.3, 0.4) is 0 Å². The van der Waals surface area contributed by atoms with Crippen molar-refractivity contribution in [3.63, 3.8) is 0 Å². The van der Waals surface area contributed by atoms with Crippen LogP contribution in [0.15, 0.2) is 36.9 Å². The Labute approximate surface area is 116 Å². The van der Waals surface area contributed by atoms with Gasteiger partial charge in [-0.1, -0.05) is 37.3 Å². The van der Waals surface area contributed by atoms with Crippen LogP contribution in [0.4, 0.5) is 0 Å². The van der Waals surface area contributed by atoms with Crippen molar-refractivity contribution < 1.29 is 4.79 Å². The van der Waals surface area contributed by atoms with Gasteiger partial charge in [-0.3, -0.25) is 10.1 Å². The van der Waals surface area contributed by atoms with Gasteiger partial charge in [0.25, 0.3) is 0 Å². The zero-order valence-electron chi connectivity index (χ0n) is 12.1. The van der Waals surface area contributed by atoms with E-state index in [0.717, 1.165) is 6.42 Å². The minimum atomic E-state index is -0.221. The van der Waals surface area contributed by atoms with Gasteiger partial charge in [0.05, 0.1) is 6.04 Å². The SMILES string of the molecule is C=CCNC(=O)C(C)NC(C)c1ccc(CC)cc1. The molecule has 19 heavy (non-hydrogen) atoms. The highest BCUT2D eigenvalue weighted by molar-refractivity contribution is 5.81.